The number of hydrogen-bond donors (Lipinski definition) is 0. The Morgan fingerprint density at radius 3 is 2.48 bits per heavy atom. The van der Waals surface area contributed by atoms with Crippen molar-refractivity contribution in [2.75, 3.05) is 0 Å². The minimum Gasteiger partial charge on any atom is -0.348 e. The van der Waals surface area contributed by atoms with Crippen molar-refractivity contribution in [2.45, 2.75) is 46.5 Å². The smallest absolute Gasteiger partial charge is 0.0479 e. The maximum atomic E-state index is 4.43. The van der Waals surface area contributed by atoms with E-state index in [4.69, 9.17) is 0 Å². The Morgan fingerprint density at radius 2 is 1.76 bits per heavy atom. The lowest BCUT2D eigenvalue weighted by molar-refractivity contribution is 0.918. The second kappa shape index (κ2) is 7.31. The van der Waals surface area contributed by atoms with Crippen LogP contribution in [0.4, 0.5) is 0 Å². The molecule has 3 aromatic rings. The molecule has 0 N–H and O–H groups in total. The average molecular weight is 332 g/mol. The normalized spacial score (nSPS) is 11.2. The van der Waals surface area contributed by atoms with Crippen LogP contribution in [-0.2, 0) is 26.3 Å². The second-order valence-corrected chi connectivity index (χ2v) is 7.11. The minimum absolute atomic E-state index is 0.909. The number of fused-ring (bicyclic) bond motifs is 1. The Labute approximate surface area is 152 Å². The van der Waals surface area contributed by atoms with Gasteiger partial charge >= 0.3 is 0 Å². The van der Waals surface area contributed by atoms with Gasteiger partial charge in [0, 0.05) is 23.6 Å². The molecular formula is C24H29N. The summed E-state index contributed by atoms with van der Waals surface area (Å²) in [4.78, 5) is 0. The number of nitrogens with zero attached hydrogens (tertiary/aromatic N) is 1. The van der Waals surface area contributed by atoms with Gasteiger partial charge < -0.3 is 4.57 Å². The molecule has 0 amide bonds. The van der Waals surface area contributed by atoms with Crippen molar-refractivity contribution >= 4 is 16.5 Å². The van der Waals surface area contributed by atoms with E-state index in [-0.39, 0.29) is 0 Å². The molecule has 0 radical (unpaired) electrons. The zero-order valence-electron chi connectivity index (χ0n) is 16.0. The highest BCUT2D eigenvalue weighted by Crippen LogP contribution is 2.26. The number of hydrogen-bond acceptors (Lipinski definition) is 0. The second-order valence-electron chi connectivity index (χ2n) is 7.11. The van der Waals surface area contributed by atoms with Crippen LogP contribution in [0.3, 0.4) is 0 Å². The largest absolute Gasteiger partial charge is 0.348 e. The number of aryl methyl sites for hydroxylation is 4. The van der Waals surface area contributed by atoms with Crippen LogP contribution in [0.15, 0.2) is 49.0 Å². The van der Waals surface area contributed by atoms with Crippen molar-refractivity contribution in [3.8, 4) is 0 Å². The zero-order valence-corrected chi connectivity index (χ0v) is 16.0. The molecular weight excluding hydrogens is 302 g/mol. The average Bonchev–Trinajstić information content (AvgIpc) is 2.89. The van der Waals surface area contributed by atoms with Crippen molar-refractivity contribution in [3.05, 3.63) is 77.0 Å². The summed E-state index contributed by atoms with van der Waals surface area (Å²) in [6.45, 7) is 11.0. The molecule has 130 valence electrons. The quantitative estimate of drug-likeness (QED) is 0.502. The third-order valence-electron chi connectivity index (χ3n) is 5.24. The van der Waals surface area contributed by atoms with Gasteiger partial charge in [0.25, 0.3) is 0 Å². The first-order valence-electron chi connectivity index (χ1n) is 9.38. The summed E-state index contributed by atoms with van der Waals surface area (Å²) in [6.07, 6.45) is 4.28. The molecule has 2 aromatic carbocycles. The molecule has 0 atom stereocenters. The molecule has 0 aliphatic carbocycles. The van der Waals surface area contributed by atoms with E-state index in [1.807, 2.05) is 0 Å². The van der Waals surface area contributed by atoms with E-state index >= 15 is 0 Å². The van der Waals surface area contributed by atoms with E-state index in [0.717, 1.165) is 19.3 Å². The van der Waals surface area contributed by atoms with Gasteiger partial charge in [-0.2, -0.15) is 0 Å². The minimum atomic E-state index is 0.909. The molecule has 0 fully saturated rings. The summed E-state index contributed by atoms with van der Waals surface area (Å²) in [5, 5.41) is 1.32. The molecule has 0 saturated heterocycles. The standard InChI is InChI=1S/C24H29N/c1-6-8-19-9-11-21(7-2)23(16-19)17(3)13-20-10-12-24-22(15-20)14-18(4)25(24)5/h9-12,14-16H,3,6-8,13H2,1-2,4-5H3. The van der Waals surface area contributed by atoms with Crippen LogP contribution in [-0.4, -0.2) is 4.57 Å². The van der Waals surface area contributed by atoms with Gasteiger partial charge in [0.05, 0.1) is 0 Å². The van der Waals surface area contributed by atoms with E-state index in [9.17, 15) is 0 Å². The Kier molecular flexibility index (Phi) is 5.13. The molecule has 25 heavy (non-hydrogen) atoms. The predicted molar refractivity (Wildman–Crippen MR) is 110 cm³/mol. The molecule has 0 aliphatic heterocycles. The summed E-state index contributed by atoms with van der Waals surface area (Å²) in [7, 11) is 2.13. The van der Waals surface area contributed by atoms with E-state index in [0.29, 0.717) is 0 Å². The van der Waals surface area contributed by atoms with E-state index in [1.54, 1.807) is 0 Å². The van der Waals surface area contributed by atoms with Crippen molar-refractivity contribution in [3.63, 3.8) is 0 Å². The van der Waals surface area contributed by atoms with Gasteiger partial charge in [-0.1, -0.05) is 51.1 Å². The fourth-order valence-electron chi connectivity index (χ4n) is 3.69. The summed E-state index contributed by atoms with van der Waals surface area (Å²) in [5.74, 6) is 0. The van der Waals surface area contributed by atoms with Crippen LogP contribution < -0.4 is 0 Å². The highest BCUT2D eigenvalue weighted by atomic mass is 14.9. The first-order chi connectivity index (χ1) is 12.0. The van der Waals surface area contributed by atoms with E-state index in [1.165, 1.54) is 50.8 Å². The van der Waals surface area contributed by atoms with Gasteiger partial charge in [0.2, 0.25) is 0 Å². The molecule has 1 aromatic heterocycles. The fourth-order valence-corrected chi connectivity index (χ4v) is 3.69. The lowest BCUT2D eigenvalue weighted by atomic mass is 9.91. The topological polar surface area (TPSA) is 4.93 Å². The Bertz CT molecular complexity index is 911. The van der Waals surface area contributed by atoms with Gasteiger partial charge in [0.15, 0.2) is 0 Å². The molecule has 0 aliphatic rings. The Balaban J connectivity index is 1.90. The van der Waals surface area contributed by atoms with Gasteiger partial charge in [-0.25, -0.2) is 0 Å². The zero-order chi connectivity index (χ0) is 18.0. The van der Waals surface area contributed by atoms with Crippen LogP contribution in [0, 0.1) is 6.92 Å². The summed E-state index contributed by atoms with van der Waals surface area (Å²) in [5.41, 5.74) is 9.33. The molecule has 1 heteroatoms. The maximum Gasteiger partial charge on any atom is 0.0479 e. The van der Waals surface area contributed by atoms with Crippen LogP contribution >= 0.6 is 0 Å². The van der Waals surface area contributed by atoms with Gasteiger partial charge in [-0.05, 0) is 72.2 Å². The third-order valence-corrected chi connectivity index (χ3v) is 5.24. The van der Waals surface area contributed by atoms with Gasteiger partial charge in [-0.3, -0.25) is 0 Å². The lowest BCUT2D eigenvalue weighted by Crippen LogP contribution is -1.97. The highest BCUT2D eigenvalue weighted by Gasteiger charge is 2.09. The molecule has 0 bridgehead atoms. The predicted octanol–water partition coefficient (Wildman–Crippen LogP) is 6.26. The third kappa shape index (κ3) is 3.56. The highest BCUT2D eigenvalue weighted by molar-refractivity contribution is 5.82. The van der Waals surface area contributed by atoms with Crippen LogP contribution in [0.1, 0.15) is 48.2 Å². The van der Waals surface area contributed by atoms with Crippen molar-refractivity contribution in [1.29, 1.82) is 0 Å². The first-order valence-corrected chi connectivity index (χ1v) is 9.38. The van der Waals surface area contributed by atoms with Crippen molar-refractivity contribution in [2.24, 2.45) is 7.05 Å². The summed E-state index contributed by atoms with van der Waals surface area (Å²) in [6, 6.07) is 16.0. The fraction of sp³-hybridized carbons (Fsp3) is 0.333. The van der Waals surface area contributed by atoms with Crippen molar-refractivity contribution in [1.82, 2.24) is 4.57 Å². The van der Waals surface area contributed by atoms with E-state index in [2.05, 4.69) is 81.4 Å². The van der Waals surface area contributed by atoms with E-state index < -0.39 is 0 Å². The van der Waals surface area contributed by atoms with Crippen LogP contribution in [0.25, 0.3) is 16.5 Å². The number of benzene rings is 2. The number of aromatic nitrogens is 1. The molecule has 1 heterocycles. The van der Waals surface area contributed by atoms with Crippen LogP contribution in [0.5, 0.6) is 0 Å². The van der Waals surface area contributed by atoms with Gasteiger partial charge in [0.1, 0.15) is 0 Å². The Hall–Kier alpha value is -2.28. The van der Waals surface area contributed by atoms with Crippen molar-refractivity contribution < 1.29 is 0 Å². The molecule has 0 saturated carbocycles. The SMILES string of the molecule is C=C(Cc1ccc2c(c1)cc(C)n2C)c1cc(CCC)ccc1CC. The summed E-state index contributed by atoms with van der Waals surface area (Å²) < 4.78 is 2.25. The monoisotopic (exact) mass is 331 g/mol. The molecule has 3 rings (SSSR count). The lowest BCUT2D eigenvalue weighted by Gasteiger charge is -2.14. The molecule has 1 nitrogen and oxygen atoms in total. The maximum absolute atomic E-state index is 4.43. The number of allylic oxidation sites excluding steroid dienone is 1. The molecule has 0 spiro atoms. The molecule has 0 unspecified atom stereocenters. The summed E-state index contributed by atoms with van der Waals surface area (Å²) >= 11 is 0. The number of rotatable bonds is 6. The Morgan fingerprint density at radius 1 is 1.00 bits per heavy atom. The first kappa shape index (κ1) is 17.5. The van der Waals surface area contributed by atoms with Gasteiger partial charge in [-0.15, -0.1) is 0 Å². The van der Waals surface area contributed by atoms with Crippen LogP contribution in [0.2, 0.25) is 0 Å².